The summed E-state index contributed by atoms with van der Waals surface area (Å²) in [4.78, 5) is 25.7. The molecule has 1 N–H and O–H groups in total. The minimum atomic E-state index is -5.37. The van der Waals surface area contributed by atoms with Crippen molar-refractivity contribution in [1.82, 2.24) is 4.90 Å². The van der Waals surface area contributed by atoms with Crippen molar-refractivity contribution in [3.63, 3.8) is 0 Å². The molecule has 2 aromatic rings. The molecule has 0 aliphatic carbocycles. The van der Waals surface area contributed by atoms with Gasteiger partial charge >= 0.3 is 18.1 Å². The van der Waals surface area contributed by atoms with E-state index in [1.807, 2.05) is 0 Å². The number of thiophene rings is 1. The minimum Gasteiger partial charge on any atom is -0.462 e. The molecular formula is C20H18BrCl2F3N2O7S2. The molecule has 2 heterocycles. The Balaban J connectivity index is 1.79. The van der Waals surface area contributed by atoms with Crippen LogP contribution in [0.5, 0.6) is 5.75 Å². The smallest absolute Gasteiger partial charge is 0.462 e. The van der Waals surface area contributed by atoms with Gasteiger partial charge in [-0.3, -0.25) is 9.62 Å². The first-order valence-corrected chi connectivity index (χ1v) is 14.2. The zero-order chi connectivity index (χ0) is 27.4. The van der Waals surface area contributed by atoms with Crippen LogP contribution in [0.15, 0.2) is 27.6 Å². The van der Waals surface area contributed by atoms with Gasteiger partial charge in [0.05, 0.1) is 30.0 Å². The van der Waals surface area contributed by atoms with Crippen LogP contribution in [0.1, 0.15) is 16.8 Å². The van der Waals surface area contributed by atoms with Gasteiger partial charge in [0.25, 0.3) is 10.0 Å². The molecule has 1 saturated heterocycles. The summed E-state index contributed by atoms with van der Waals surface area (Å²) < 4.78 is 80.8. The Hall–Kier alpha value is -1.62. The summed E-state index contributed by atoms with van der Waals surface area (Å²) in [5.74, 6) is -4.52. The van der Waals surface area contributed by atoms with Crippen LogP contribution in [0.2, 0.25) is 8.67 Å². The highest BCUT2D eigenvalue weighted by molar-refractivity contribution is 9.10. The van der Waals surface area contributed by atoms with Crippen molar-refractivity contribution in [3.05, 3.63) is 36.9 Å². The third-order valence-corrected chi connectivity index (χ3v) is 9.69. The summed E-state index contributed by atoms with van der Waals surface area (Å²) in [6, 6.07) is 2.81. The Morgan fingerprint density at radius 1 is 1.19 bits per heavy atom. The predicted molar refractivity (Wildman–Crippen MR) is 133 cm³/mol. The zero-order valence-corrected chi connectivity index (χ0v) is 23.3. The van der Waals surface area contributed by atoms with E-state index >= 15 is 0 Å². The summed E-state index contributed by atoms with van der Waals surface area (Å²) in [5.41, 5.74) is -0.830. The lowest BCUT2D eigenvalue weighted by molar-refractivity contribution is -0.189. The number of hydrogen-bond donors (Lipinski definition) is 1. The molecule has 0 spiro atoms. The van der Waals surface area contributed by atoms with Gasteiger partial charge in [-0.05, 0) is 34.5 Å². The summed E-state index contributed by atoms with van der Waals surface area (Å²) in [6.45, 7) is 3.18. The van der Waals surface area contributed by atoms with Crippen molar-refractivity contribution in [1.29, 1.82) is 0 Å². The fourth-order valence-electron chi connectivity index (χ4n) is 3.13. The topological polar surface area (TPSA) is 111 Å². The fourth-order valence-corrected chi connectivity index (χ4v) is 7.74. The van der Waals surface area contributed by atoms with Gasteiger partial charge in [-0.15, -0.1) is 11.3 Å². The quantitative estimate of drug-likeness (QED) is 0.227. The maximum Gasteiger partial charge on any atom is 0.491 e. The van der Waals surface area contributed by atoms with Gasteiger partial charge in [-0.2, -0.15) is 13.2 Å². The first-order chi connectivity index (χ1) is 17.3. The molecule has 0 radical (unpaired) electrons. The number of nitrogens with one attached hydrogen (secondary N) is 1. The third kappa shape index (κ3) is 7.94. The average molecular weight is 670 g/mol. The van der Waals surface area contributed by atoms with Gasteiger partial charge in [0, 0.05) is 25.7 Å². The second-order valence-electron chi connectivity index (χ2n) is 7.44. The molecule has 1 aliphatic heterocycles. The van der Waals surface area contributed by atoms with Gasteiger partial charge in [0.1, 0.15) is 24.9 Å². The lowest BCUT2D eigenvalue weighted by Gasteiger charge is -2.26. The minimum absolute atomic E-state index is 0.0160. The van der Waals surface area contributed by atoms with Crippen LogP contribution in [-0.4, -0.2) is 70.9 Å². The van der Waals surface area contributed by atoms with Crippen molar-refractivity contribution in [2.45, 2.75) is 17.5 Å². The van der Waals surface area contributed by atoms with Crippen LogP contribution in [0.4, 0.5) is 18.9 Å². The largest absolute Gasteiger partial charge is 0.491 e. The Kier molecular flexibility index (Phi) is 10.1. The summed E-state index contributed by atoms with van der Waals surface area (Å²) >= 11 is 15.6. The van der Waals surface area contributed by atoms with Crippen LogP contribution in [-0.2, 0) is 24.3 Å². The van der Waals surface area contributed by atoms with E-state index in [2.05, 4.69) is 30.3 Å². The summed E-state index contributed by atoms with van der Waals surface area (Å²) in [5, 5.41) is 0. The molecular weight excluding hydrogens is 652 g/mol. The van der Waals surface area contributed by atoms with Crippen LogP contribution in [0.3, 0.4) is 0 Å². The molecule has 1 fully saturated rings. The number of anilines is 1. The lowest BCUT2D eigenvalue weighted by atomic mass is 10.2. The van der Waals surface area contributed by atoms with E-state index in [0.29, 0.717) is 26.2 Å². The SMILES string of the molecule is O=C(OCCCN1CCOCC1)c1ccc(NS(=O)(=O)c2c(Cl)sc(Cl)c2Br)cc1OC(=O)C(F)(F)F. The number of carbonyl (C=O) groups is 2. The number of sulfonamides is 1. The van der Waals surface area contributed by atoms with Gasteiger partial charge in [0.2, 0.25) is 0 Å². The number of esters is 2. The van der Waals surface area contributed by atoms with E-state index in [9.17, 15) is 31.2 Å². The van der Waals surface area contributed by atoms with Crippen molar-refractivity contribution in [2.24, 2.45) is 0 Å². The van der Waals surface area contributed by atoms with Gasteiger partial charge in [-0.1, -0.05) is 23.2 Å². The molecule has 3 rings (SSSR count). The second kappa shape index (κ2) is 12.5. The zero-order valence-electron chi connectivity index (χ0n) is 18.6. The molecule has 0 atom stereocenters. The van der Waals surface area contributed by atoms with Crippen LogP contribution >= 0.6 is 50.5 Å². The molecule has 9 nitrogen and oxygen atoms in total. The highest BCUT2D eigenvalue weighted by Gasteiger charge is 2.42. The van der Waals surface area contributed by atoms with Crippen LogP contribution in [0.25, 0.3) is 0 Å². The summed E-state index contributed by atoms with van der Waals surface area (Å²) in [6.07, 6.45) is -4.93. The van der Waals surface area contributed by atoms with E-state index in [0.717, 1.165) is 42.6 Å². The number of carbonyl (C=O) groups excluding carboxylic acids is 2. The monoisotopic (exact) mass is 668 g/mol. The molecule has 1 aromatic carbocycles. The maximum absolute atomic E-state index is 12.8. The Labute approximate surface area is 231 Å². The normalized spacial score (nSPS) is 14.9. The number of ether oxygens (including phenoxy) is 3. The van der Waals surface area contributed by atoms with Crippen molar-refractivity contribution in [2.75, 3.05) is 44.2 Å². The molecule has 0 saturated carbocycles. The molecule has 37 heavy (non-hydrogen) atoms. The van der Waals surface area contributed by atoms with Crippen LogP contribution in [0, 0.1) is 0 Å². The Bertz CT molecular complexity index is 1270. The van der Waals surface area contributed by atoms with Gasteiger partial charge in [0.15, 0.2) is 0 Å². The number of morpholine rings is 1. The molecule has 17 heteroatoms. The van der Waals surface area contributed by atoms with E-state index in [4.69, 9.17) is 32.7 Å². The van der Waals surface area contributed by atoms with E-state index < -0.39 is 44.3 Å². The highest BCUT2D eigenvalue weighted by atomic mass is 79.9. The number of rotatable bonds is 9. The van der Waals surface area contributed by atoms with Crippen molar-refractivity contribution >= 4 is 78.1 Å². The number of hydrogen-bond acceptors (Lipinski definition) is 9. The molecule has 1 aromatic heterocycles. The third-order valence-electron chi connectivity index (χ3n) is 4.84. The average Bonchev–Trinajstić information content (AvgIpc) is 3.08. The Morgan fingerprint density at radius 3 is 2.46 bits per heavy atom. The van der Waals surface area contributed by atoms with Gasteiger partial charge < -0.3 is 14.2 Å². The highest BCUT2D eigenvalue weighted by Crippen LogP contribution is 2.43. The fraction of sp³-hybridized carbons (Fsp3) is 0.400. The lowest BCUT2D eigenvalue weighted by Crippen LogP contribution is -2.37. The number of alkyl halides is 3. The first-order valence-electron chi connectivity index (χ1n) is 10.4. The van der Waals surface area contributed by atoms with Gasteiger partial charge in [-0.25, -0.2) is 18.0 Å². The molecule has 0 bridgehead atoms. The maximum atomic E-state index is 12.8. The summed E-state index contributed by atoms with van der Waals surface area (Å²) in [7, 11) is -4.38. The standard InChI is InChI=1S/C20H18BrCl2F3N2O7S2/c21-14-15(17(23)36-16(14)22)37(31,32)27-11-2-3-12(13(10-11)35-19(30)20(24,25)26)18(29)34-7-1-4-28-5-8-33-9-6-28/h2-3,10,27H,1,4-9H2. The van der Waals surface area contributed by atoms with E-state index in [1.165, 1.54) is 0 Å². The van der Waals surface area contributed by atoms with E-state index in [-0.39, 0.29) is 25.4 Å². The Morgan fingerprint density at radius 2 is 1.86 bits per heavy atom. The molecule has 0 unspecified atom stereocenters. The molecule has 204 valence electrons. The number of benzene rings is 1. The van der Waals surface area contributed by atoms with Crippen LogP contribution < -0.4 is 9.46 Å². The van der Waals surface area contributed by atoms with E-state index in [1.54, 1.807) is 0 Å². The van der Waals surface area contributed by atoms with Crippen molar-refractivity contribution < 1.29 is 45.4 Å². The second-order valence-corrected chi connectivity index (χ2v) is 12.1. The number of nitrogens with zero attached hydrogens (tertiary/aromatic N) is 1. The van der Waals surface area contributed by atoms with Crippen molar-refractivity contribution in [3.8, 4) is 5.75 Å². The molecule has 0 amide bonds. The number of halogens is 6. The molecule has 1 aliphatic rings. The predicted octanol–water partition coefficient (Wildman–Crippen LogP) is 4.97. The first kappa shape index (κ1) is 29.9.